The van der Waals surface area contributed by atoms with E-state index in [0.717, 1.165) is 39.1 Å². The summed E-state index contributed by atoms with van der Waals surface area (Å²) in [6.07, 6.45) is 0.917. The molecule has 3 amide bonds. The first-order valence-electron chi connectivity index (χ1n) is 8.71. The zero-order valence-corrected chi connectivity index (χ0v) is 16.2. The Hall–Kier alpha value is -1.54. The molecule has 0 atom stereocenters. The first-order valence-corrected chi connectivity index (χ1v) is 9.09. The van der Waals surface area contributed by atoms with Crippen LogP contribution in [0.15, 0.2) is 18.2 Å². The molecule has 0 spiro atoms. The Bertz CT molecular complexity index is 638. The summed E-state index contributed by atoms with van der Waals surface area (Å²) >= 11 is 6.20. The fourth-order valence-electron chi connectivity index (χ4n) is 3.10. The van der Waals surface area contributed by atoms with Crippen molar-refractivity contribution in [2.45, 2.75) is 6.42 Å². The Morgan fingerprint density at radius 2 is 1.96 bits per heavy atom. The molecule has 1 aromatic carbocycles. The monoisotopic (exact) mass is 401 g/mol. The van der Waals surface area contributed by atoms with E-state index in [1.165, 1.54) is 0 Å². The maximum Gasteiger partial charge on any atom is 0.322 e. The number of halogens is 2. The van der Waals surface area contributed by atoms with Gasteiger partial charge in [-0.3, -0.25) is 9.69 Å². The highest BCUT2D eigenvalue weighted by atomic mass is 35.5. The Balaban J connectivity index is 0.00000243. The zero-order chi connectivity index (χ0) is 17.6. The molecule has 0 saturated carbocycles. The van der Waals surface area contributed by atoms with Crippen molar-refractivity contribution >= 4 is 41.6 Å². The van der Waals surface area contributed by atoms with E-state index in [1.807, 2.05) is 0 Å². The summed E-state index contributed by atoms with van der Waals surface area (Å²) in [5.41, 5.74) is 1.09. The van der Waals surface area contributed by atoms with Crippen LogP contribution in [-0.4, -0.2) is 69.2 Å². The van der Waals surface area contributed by atoms with Crippen LogP contribution in [0.1, 0.15) is 16.8 Å². The number of urea groups is 1. The average molecular weight is 402 g/mol. The lowest BCUT2D eigenvalue weighted by molar-refractivity contribution is 0.0951. The number of benzene rings is 1. The van der Waals surface area contributed by atoms with Gasteiger partial charge in [-0.25, -0.2) is 4.79 Å². The van der Waals surface area contributed by atoms with Crippen molar-refractivity contribution in [3.8, 4) is 0 Å². The van der Waals surface area contributed by atoms with Gasteiger partial charge in [0, 0.05) is 51.4 Å². The molecule has 0 aliphatic carbocycles. The van der Waals surface area contributed by atoms with Crippen molar-refractivity contribution in [1.82, 2.24) is 20.9 Å². The Morgan fingerprint density at radius 1 is 1.19 bits per heavy atom. The summed E-state index contributed by atoms with van der Waals surface area (Å²) in [6.45, 7) is 6.94. The van der Waals surface area contributed by atoms with E-state index in [-0.39, 0.29) is 24.3 Å². The SMILES string of the molecule is Cl.O=C(NCCCN1CCNCC1)c1ccc(Cl)c(N2CCNC2=O)c1. The molecular weight excluding hydrogens is 377 g/mol. The van der Waals surface area contributed by atoms with E-state index < -0.39 is 0 Å². The van der Waals surface area contributed by atoms with Crippen LogP contribution in [0.25, 0.3) is 0 Å². The van der Waals surface area contributed by atoms with Gasteiger partial charge in [0.1, 0.15) is 0 Å². The molecule has 144 valence electrons. The van der Waals surface area contributed by atoms with Crippen molar-refractivity contribution < 1.29 is 9.59 Å². The minimum absolute atomic E-state index is 0. The number of piperazine rings is 1. The highest BCUT2D eigenvalue weighted by molar-refractivity contribution is 6.34. The summed E-state index contributed by atoms with van der Waals surface area (Å²) in [7, 11) is 0. The van der Waals surface area contributed by atoms with E-state index >= 15 is 0 Å². The first-order chi connectivity index (χ1) is 12.1. The van der Waals surface area contributed by atoms with E-state index in [2.05, 4.69) is 20.9 Å². The van der Waals surface area contributed by atoms with Crippen LogP contribution < -0.4 is 20.9 Å². The number of amides is 3. The summed E-state index contributed by atoms with van der Waals surface area (Å²) in [5.74, 6) is -0.141. The van der Waals surface area contributed by atoms with Crippen molar-refractivity contribution in [3.63, 3.8) is 0 Å². The van der Waals surface area contributed by atoms with Crippen LogP contribution in [-0.2, 0) is 0 Å². The van der Waals surface area contributed by atoms with E-state index in [1.54, 1.807) is 23.1 Å². The highest BCUT2D eigenvalue weighted by Crippen LogP contribution is 2.28. The zero-order valence-electron chi connectivity index (χ0n) is 14.6. The largest absolute Gasteiger partial charge is 0.352 e. The smallest absolute Gasteiger partial charge is 0.322 e. The molecule has 0 aromatic heterocycles. The summed E-state index contributed by atoms with van der Waals surface area (Å²) in [5, 5.41) is 9.47. The number of carbonyl (C=O) groups is 2. The number of rotatable bonds is 6. The number of anilines is 1. The molecule has 3 rings (SSSR count). The van der Waals surface area contributed by atoms with Crippen LogP contribution in [0.5, 0.6) is 0 Å². The number of nitrogens with zero attached hydrogens (tertiary/aromatic N) is 2. The molecule has 3 N–H and O–H groups in total. The normalized spacial score (nSPS) is 17.6. The van der Waals surface area contributed by atoms with E-state index in [0.29, 0.717) is 35.9 Å². The van der Waals surface area contributed by atoms with Crippen molar-refractivity contribution in [1.29, 1.82) is 0 Å². The van der Waals surface area contributed by atoms with E-state index in [9.17, 15) is 9.59 Å². The van der Waals surface area contributed by atoms with Gasteiger partial charge >= 0.3 is 6.03 Å². The maximum atomic E-state index is 12.4. The first kappa shape index (κ1) is 20.8. The molecule has 9 heteroatoms. The fourth-order valence-corrected chi connectivity index (χ4v) is 3.32. The van der Waals surface area contributed by atoms with Crippen LogP contribution in [0.2, 0.25) is 5.02 Å². The van der Waals surface area contributed by atoms with Gasteiger partial charge in [-0.2, -0.15) is 0 Å². The molecule has 2 saturated heterocycles. The van der Waals surface area contributed by atoms with Crippen molar-refractivity contribution in [2.75, 3.05) is 57.3 Å². The molecule has 26 heavy (non-hydrogen) atoms. The Morgan fingerprint density at radius 3 is 2.65 bits per heavy atom. The summed E-state index contributed by atoms with van der Waals surface area (Å²) in [4.78, 5) is 28.1. The molecule has 2 heterocycles. The molecule has 2 aliphatic heterocycles. The minimum atomic E-state index is -0.185. The van der Waals surface area contributed by atoms with Gasteiger partial charge in [0.05, 0.1) is 10.7 Å². The van der Waals surface area contributed by atoms with E-state index in [4.69, 9.17) is 11.6 Å². The Labute approximate surface area is 164 Å². The molecule has 0 unspecified atom stereocenters. The van der Waals surface area contributed by atoms with Crippen molar-refractivity contribution in [2.24, 2.45) is 0 Å². The lowest BCUT2D eigenvalue weighted by Gasteiger charge is -2.27. The predicted molar refractivity (Wildman–Crippen MR) is 106 cm³/mol. The summed E-state index contributed by atoms with van der Waals surface area (Å²) < 4.78 is 0. The lowest BCUT2D eigenvalue weighted by Crippen LogP contribution is -2.44. The van der Waals surface area contributed by atoms with Crippen LogP contribution in [0.3, 0.4) is 0 Å². The molecule has 0 radical (unpaired) electrons. The standard InChI is InChI=1S/C17H24ClN5O2.ClH/c18-14-3-2-13(12-15(14)23-11-7-21-17(23)25)16(24)20-4-1-8-22-9-5-19-6-10-22;/h2-3,12,19H,1,4-11H2,(H,20,24)(H,21,25);1H. The number of carbonyl (C=O) groups excluding carboxylic acids is 2. The maximum absolute atomic E-state index is 12.4. The molecular formula is C17H25Cl2N5O2. The van der Waals surface area contributed by atoms with Crippen LogP contribution >= 0.6 is 24.0 Å². The molecule has 7 nitrogen and oxygen atoms in total. The van der Waals surface area contributed by atoms with Crippen LogP contribution in [0, 0.1) is 0 Å². The van der Waals surface area contributed by atoms with Gasteiger partial charge in [-0.15, -0.1) is 12.4 Å². The van der Waals surface area contributed by atoms with Gasteiger partial charge in [0.15, 0.2) is 0 Å². The lowest BCUT2D eigenvalue weighted by atomic mass is 10.1. The second-order valence-electron chi connectivity index (χ2n) is 6.25. The van der Waals surface area contributed by atoms with Gasteiger partial charge in [0.25, 0.3) is 5.91 Å². The number of hydrogen-bond acceptors (Lipinski definition) is 4. The fraction of sp³-hybridized carbons (Fsp3) is 0.529. The summed E-state index contributed by atoms with van der Waals surface area (Å²) in [6, 6.07) is 4.85. The topological polar surface area (TPSA) is 76.7 Å². The van der Waals surface area contributed by atoms with Gasteiger partial charge in [-0.05, 0) is 31.2 Å². The Kier molecular flexibility index (Phi) is 7.96. The third-order valence-corrected chi connectivity index (χ3v) is 4.82. The third-order valence-electron chi connectivity index (χ3n) is 4.50. The van der Waals surface area contributed by atoms with Gasteiger partial charge < -0.3 is 20.9 Å². The third kappa shape index (κ3) is 5.23. The molecule has 0 bridgehead atoms. The second-order valence-corrected chi connectivity index (χ2v) is 6.66. The predicted octanol–water partition coefficient (Wildman–Crippen LogP) is 1.32. The van der Waals surface area contributed by atoms with Gasteiger partial charge in [-0.1, -0.05) is 11.6 Å². The number of nitrogens with one attached hydrogen (secondary N) is 3. The molecule has 1 aromatic rings. The quantitative estimate of drug-likeness (QED) is 0.628. The second kappa shape index (κ2) is 9.97. The average Bonchev–Trinajstić information content (AvgIpc) is 3.05. The number of hydrogen-bond donors (Lipinski definition) is 3. The van der Waals surface area contributed by atoms with Crippen LogP contribution in [0.4, 0.5) is 10.5 Å². The highest BCUT2D eigenvalue weighted by Gasteiger charge is 2.24. The van der Waals surface area contributed by atoms with Gasteiger partial charge in [0.2, 0.25) is 0 Å². The minimum Gasteiger partial charge on any atom is -0.352 e. The molecule has 2 aliphatic rings. The van der Waals surface area contributed by atoms with Crippen molar-refractivity contribution in [3.05, 3.63) is 28.8 Å². The molecule has 2 fully saturated rings.